The minimum absolute atomic E-state index is 0.0187. The highest BCUT2D eigenvalue weighted by Crippen LogP contribution is 2.12. The number of rotatable bonds is 10. The van der Waals surface area contributed by atoms with Crippen molar-refractivity contribution in [2.45, 2.75) is 53.1 Å². The average Bonchev–Trinajstić information content (AvgIpc) is 3.16. The Morgan fingerprint density at radius 1 is 0.964 bits per heavy atom. The maximum absolute atomic E-state index is 13.1. The maximum atomic E-state index is 13.1. The zero-order chi connectivity index (χ0) is 20.5. The molecule has 1 aromatic carbocycles. The number of carbonyl (C=O) groups is 2. The number of carbonyl (C=O) groups excluding carboxylic acids is 2. The molecule has 0 atom stereocenters. The Hall–Kier alpha value is -2.56. The Bertz CT molecular complexity index is 724. The molecule has 152 valence electrons. The molecule has 0 spiro atoms. The molecule has 5 heteroatoms. The average molecular weight is 385 g/mol. The molecule has 0 bridgehead atoms. The van der Waals surface area contributed by atoms with Crippen LogP contribution in [-0.4, -0.2) is 40.7 Å². The molecular formula is C23H32N2O3. The molecule has 28 heavy (non-hydrogen) atoms. The first kappa shape index (κ1) is 21.7. The summed E-state index contributed by atoms with van der Waals surface area (Å²) in [5, 5.41) is 0. The molecular weight excluding hydrogens is 352 g/mol. The van der Waals surface area contributed by atoms with Crippen LogP contribution in [-0.2, 0) is 22.6 Å². The van der Waals surface area contributed by atoms with E-state index in [1.54, 1.807) is 16.1 Å². The standard InChI is InChI=1S/C23H32N2O3/c1-18(2)15-22(26)25(19(3)4)17-23(27)24(16-21-11-8-14-28-21)13-12-20-9-6-5-7-10-20/h5-11,14,18-19H,12-13,15-17H2,1-4H3. The predicted molar refractivity (Wildman–Crippen MR) is 111 cm³/mol. The van der Waals surface area contributed by atoms with Crippen molar-refractivity contribution in [1.29, 1.82) is 0 Å². The summed E-state index contributed by atoms with van der Waals surface area (Å²) in [6.45, 7) is 9.01. The first-order chi connectivity index (χ1) is 13.4. The summed E-state index contributed by atoms with van der Waals surface area (Å²) >= 11 is 0. The monoisotopic (exact) mass is 384 g/mol. The van der Waals surface area contributed by atoms with E-state index < -0.39 is 0 Å². The maximum Gasteiger partial charge on any atom is 0.242 e. The van der Waals surface area contributed by atoms with Crippen molar-refractivity contribution < 1.29 is 14.0 Å². The Morgan fingerprint density at radius 3 is 2.25 bits per heavy atom. The molecule has 0 aliphatic carbocycles. The highest BCUT2D eigenvalue weighted by molar-refractivity contribution is 5.85. The Labute approximate surface area is 168 Å². The lowest BCUT2D eigenvalue weighted by Gasteiger charge is -2.30. The summed E-state index contributed by atoms with van der Waals surface area (Å²) in [5.74, 6) is 0.977. The van der Waals surface area contributed by atoms with Crippen LogP contribution < -0.4 is 0 Å². The topological polar surface area (TPSA) is 53.8 Å². The lowest BCUT2D eigenvalue weighted by Crippen LogP contribution is -2.46. The van der Waals surface area contributed by atoms with Gasteiger partial charge in [-0.1, -0.05) is 44.2 Å². The smallest absolute Gasteiger partial charge is 0.242 e. The molecule has 0 aliphatic rings. The van der Waals surface area contributed by atoms with Gasteiger partial charge >= 0.3 is 0 Å². The minimum atomic E-state index is -0.0573. The first-order valence-corrected chi connectivity index (χ1v) is 10.0. The van der Waals surface area contributed by atoms with Gasteiger partial charge in [0.2, 0.25) is 11.8 Å². The van der Waals surface area contributed by atoms with Crippen LogP contribution in [0.3, 0.4) is 0 Å². The van der Waals surface area contributed by atoms with Crippen molar-refractivity contribution in [3.8, 4) is 0 Å². The normalized spacial score (nSPS) is 11.1. The molecule has 0 saturated carbocycles. The van der Waals surface area contributed by atoms with E-state index in [0.717, 1.165) is 12.2 Å². The van der Waals surface area contributed by atoms with E-state index in [-0.39, 0.29) is 30.3 Å². The van der Waals surface area contributed by atoms with Crippen LogP contribution in [0.5, 0.6) is 0 Å². The number of nitrogens with zero attached hydrogens (tertiary/aromatic N) is 2. The van der Waals surface area contributed by atoms with Gasteiger partial charge in [-0.2, -0.15) is 0 Å². The quantitative estimate of drug-likeness (QED) is 0.619. The van der Waals surface area contributed by atoms with E-state index in [1.165, 1.54) is 5.56 Å². The zero-order valence-corrected chi connectivity index (χ0v) is 17.4. The summed E-state index contributed by atoms with van der Waals surface area (Å²) in [7, 11) is 0. The van der Waals surface area contributed by atoms with Crippen LogP contribution >= 0.6 is 0 Å². The van der Waals surface area contributed by atoms with Gasteiger partial charge in [-0.3, -0.25) is 9.59 Å². The fourth-order valence-electron chi connectivity index (χ4n) is 3.06. The summed E-state index contributed by atoms with van der Waals surface area (Å²) in [6.07, 6.45) is 2.82. The van der Waals surface area contributed by atoms with Crippen molar-refractivity contribution in [3.05, 3.63) is 60.1 Å². The lowest BCUT2D eigenvalue weighted by molar-refractivity contribution is -0.142. The van der Waals surface area contributed by atoms with Gasteiger partial charge in [-0.25, -0.2) is 0 Å². The molecule has 1 heterocycles. The van der Waals surface area contributed by atoms with Crippen LogP contribution in [0, 0.1) is 5.92 Å². The van der Waals surface area contributed by atoms with Crippen molar-refractivity contribution >= 4 is 11.8 Å². The number of furan rings is 1. The lowest BCUT2D eigenvalue weighted by atomic mass is 10.1. The minimum Gasteiger partial charge on any atom is -0.467 e. The molecule has 2 rings (SSSR count). The van der Waals surface area contributed by atoms with Crippen LogP contribution in [0.25, 0.3) is 0 Å². The summed E-state index contributed by atoms with van der Waals surface area (Å²) < 4.78 is 5.44. The molecule has 0 fully saturated rings. The molecule has 1 aromatic heterocycles. The molecule has 0 aliphatic heterocycles. The number of hydrogen-bond acceptors (Lipinski definition) is 3. The second kappa shape index (κ2) is 10.7. The molecule has 0 radical (unpaired) electrons. The summed E-state index contributed by atoms with van der Waals surface area (Å²) in [5.41, 5.74) is 1.18. The summed E-state index contributed by atoms with van der Waals surface area (Å²) in [4.78, 5) is 29.1. The fourth-order valence-corrected chi connectivity index (χ4v) is 3.06. The number of hydrogen-bond donors (Lipinski definition) is 0. The Balaban J connectivity index is 2.08. The Morgan fingerprint density at radius 2 is 1.68 bits per heavy atom. The fraction of sp³-hybridized carbons (Fsp3) is 0.478. The molecule has 0 N–H and O–H groups in total. The van der Waals surface area contributed by atoms with Crippen molar-refractivity contribution in [1.82, 2.24) is 9.80 Å². The van der Waals surface area contributed by atoms with Crippen LogP contribution in [0.1, 0.15) is 45.4 Å². The third-order valence-corrected chi connectivity index (χ3v) is 4.62. The van der Waals surface area contributed by atoms with Crippen molar-refractivity contribution in [2.24, 2.45) is 5.92 Å². The van der Waals surface area contributed by atoms with Crippen molar-refractivity contribution in [2.75, 3.05) is 13.1 Å². The molecule has 2 aromatic rings. The van der Waals surface area contributed by atoms with E-state index >= 15 is 0 Å². The third-order valence-electron chi connectivity index (χ3n) is 4.62. The van der Waals surface area contributed by atoms with Gasteiger partial charge < -0.3 is 14.2 Å². The second-order valence-corrected chi connectivity index (χ2v) is 7.84. The van der Waals surface area contributed by atoms with Crippen LogP contribution in [0.4, 0.5) is 0 Å². The van der Waals surface area contributed by atoms with E-state index in [4.69, 9.17) is 4.42 Å². The van der Waals surface area contributed by atoms with Crippen molar-refractivity contribution in [3.63, 3.8) is 0 Å². The SMILES string of the molecule is CC(C)CC(=O)N(CC(=O)N(CCc1ccccc1)Cc1ccco1)C(C)C. The predicted octanol–water partition coefficient (Wildman–Crippen LogP) is 4.13. The van der Waals surface area contributed by atoms with Gasteiger partial charge in [0.1, 0.15) is 5.76 Å². The van der Waals surface area contributed by atoms with Gasteiger partial charge in [0.15, 0.2) is 0 Å². The van der Waals surface area contributed by atoms with E-state index in [1.807, 2.05) is 58.0 Å². The molecule has 0 unspecified atom stereocenters. The highest BCUT2D eigenvalue weighted by atomic mass is 16.3. The van der Waals surface area contributed by atoms with E-state index in [9.17, 15) is 9.59 Å². The van der Waals surface area contributed by atoms with Gasteiger partial charge in [0.05, 0.1) is 19.4 Å². The number of amides is 2. The van der Waals surface area contributed by atoms with Crippen LogP contribution in [0.2, 0.25) is 0 Å². The van der Waals surface area contributed by atoms with Crippen LogP contribution in [0.15, 0.2) is 53.1 Å². The summed E-state index contributed by atoms with van der Waals surface area (Å²) in [6, 6.07) is 13.8. The highest BCUT2D eigenvalue weighted by Gasteiger charge is 2.24. The molecule has 5 nitrogen and oxygen atoms in total. The van der Waals surface area contributed by atoms with E-state index in [2.05, 4.69) is 12.1 Å². The Kier molecular flexibility index (Phi) is 8.30. The van der Waals surface area contributed by atoms with Gasteiger partial charge in [0.25, 0.3) is 0 Å². The first-order valence-electron chi connectivity index (χ1n) is 10.0. The van der Waals surface area contributed by atoms with Gasteiger partial charge in [-0.05, 0) is 43.9 Å². The van der Waals surface area contributed by atoms with Gasteiger partial charge in [0, 0.05) is 19.0 Å². The zero-order valence-electron chi connectivity index (χ0n) is 17.4. The van der Waals surface area contributed by atoms with E-state index in [0.29, 0.717) is 19.5 Å². The third kappa shape index (κ3) is 6.87. The second-order valence-electron chi connectivity index (χ2n) is 7.84. The van der Waals surface area contributed by atoms with Gasteiger partial charge in [-0.15, -0.1) is 0 Å². The number of benzene rings is 1. The molecule has 2 amide bonds. The largest absolute Gasteiger partial charge is 0.467 e. The molecule has 0 saturated heterocycles.